The van der Waals surface area contributed by atoms with E-state index in [-0.39, 0.29) is 25.1 Å². The van der Waals surface area contributed by atoms with Gasteiger partial charge in [0, 0.05) is 36.0 Å². The summed E-state index contributed by atoms with van der Waals surface area (Å²) in [5.41, 5.74) is 4.17. The molecule has 0 radical (unpaired) electrons. The maximum Gasteiger partial charge on any atom is 0.312 e. The van der Waals surface area contributed by atoms with Gasteiger partial charge in [0.15, 0.2) is 23.0 Å². The SMILES string of the molecule is COc1cccc([C@@H]2CC(=O)Oc3cc4c(cc32)OCO4)c1OCCc1ccc2c(c1)CCO2. The second kappa shape index (κ2) is 8.48. The molecule has 0 saturated heterocycles. The number of carbonyl (C=O) groups excluding carboxylic acids is 1. The fourth-order valence-electron chi connectivity index (χ4n) is 4.81. The van der Waals surface area contributed by atoms with Crippen LogP contribution in [0, 0.1) is 0 Å². The number of benzene rings is 3. The van der Waals surface area contributed by atoms with Crippen molar-refractivity contribution in [1.29, 1.82) is 0 Å². The summed E-state index contributed by atoms with van der Waals surface area (Å²) in [4.78, 5) is 12.5. The molecule has 7 nitrogen and oxygen atoms in total. The van der Waals surface area contributed by atoms with Crippen LogP contribution >= 0.6 is 0 Å². The minimum absolute atomic E-state index is 0.152. The minimum atomic E-state index is -0.300. The number of hydrogen-bond acceptors (Lipinski definition) is 7. The van der Waals surface area contributed by atoms with E-state index in [0.29, 0.717) is 35.4 Å². The molecular weight excluding hydrogens is 436 g/mol. The second-order valence-corrected chi connectivity index (χ2v) is 8.49. The molecule has 3 heterocycles. The number of methoxy groups -OCH3 is 1. The summed E-state index contributed by atoms with van der Waals surface area (Å²) in [6, 6.07) is 15.7. The third-order valence-electron chi connectivity index (χ3n) is 6.47. The molecule has 6 rings (SSSR count). The molecule has 7 heteroatoms. The van der Waals surface area contributed by atoms with E-state index in [1.807, 2.05) is 30.3 Å². The van der Waals surface area contributed by atoms with E-state index >= 15 is 0 Å². The van der Waals surface area contributed by atoms with E-state index in [1.54, 1.807) is 13.2 Å². The average molecular weight is 460 g/mol. The first-order chi connectivity index (χ1) is 16.7. The van der Waals surface area contributed by atoms with Crippen molar-refractivity contribution in [2.24, 2.45) is 0 Å². The Balaban J connectivity index is 1.30. The Morgan fingerprint density at radius 2 is 1.82 bits per heavy atom. The number of esters is 1. The van der Waals surface area contributed by atoms with Crippen molar-refractivity contribution in [1.82, 2.24) is 0 Å². The van der Waals surface area contributed by atoms with Gasteiger partial charge in [-0.2, -0.15) is 0 Å². The average Bonchev–Trinajstić information content (AvgIpc) is 3.51. The maximum absolute atomic E-state index is 12.5. The lowest BCUT2D eigenvalue weighted by Gasteiger charge is -2.27. The number of rotatable bonds is 6. The minimum Gasteiger partial charge on any atom is -0.493 e. The molecule has 0 spiro atoms. The van der Waals surface area contributed by atoms with Crippen molar-refractivity contribution in [2.75, 3.05) is 27.1 Å². The van der Waals surface area contributed by atoms with Gasteiger partial charge in [0.25, 0.3) is 0 Å². The van der Waals surface area contributed by atoms with Crippen molar-refractivity contribution >= 4 is 5.97 Å². The molecule has 0 fully saturated rings. The Hall–Kier alpha value is -3.87. The summed E-state index contributed by atoms with van der Waals surface area (Å²) in [7, 11) is 1.62. The summed E-state index contributed by atoms with van der Waals surface area (Å²) in [6.07, 6.45) is 1.88. The monoisotopic (exact) mass is 460 g/mol. The quantitative estimate of drug-likeness (QED) is 0.398. The van der Waals surface area contributed by atoms with E-state index < -0.39 is 0 Å². The molecule has 0 aliphatic carbocycles. The summed E-state index contributed by atoms with van der Waals surface area (Å²) < 4.78 is 34.1. The Bertz CT molecular complexity index is 1270. The van der Waals surface area contributed by atoms with Gasteiger partial charge in [-0.3, -0.25) is 4.79 Å². The molecule has 34 heavy (non-hydrogen) atoms. The summed E-state index contributed by atoms with van der Waals surface area (Å²) in [5.74, 6) is 3.39. The van der Waals surface area contributed by atoms with Gasteiger partial charge in [0.1, 0.15) is 11.5 Å². The van der Waals surface area contributed by atoms with Crippen molar-refractivity contribution in [3.63, 3.8) is 0 Å². The number of ether oxygens (including phenoxy) is 6. The number of hydrogen-bond donors (Lipinski definition) is 0. The summed E-state index contributed by atoms with van der Waals surface area (Å²) in [5, 5.41) is 0. The van der Waals surface area contributed by atoms with Crippen LogP contribution < -0.4 is 28.4 Å². The molecule has 3 aromatic rings. The molecule has 3 aliphatic heterocycles. The van der Waals surface area contributed by atoms with E-state index in [4.69, 9.17) is 28.4 Å². The normalized spacial score (nSPS) is 17.4. The number of carbonyl (C=O) groups is 1. The molecule has 0 bridgehead atoms. The fourth-order valence-corrected chi connectivity index (χ4v) is 4.81. The highest BCUT2D eigenvalue weighted by Gasteiger charge is 2.34. The lowest BCUT2D eigenvalue weighted by atomic mass is 9.85. The van der Waals surface area contributed by atoms with Gasteiger partial charge in [-0.1, -0.05) is 24.3 Å². The zero-order valence-corrected chi connectivity index (χ0v) is 18.8. The van der Waals surface area contributed by atoms with Gasteiger partial charge in [0.2, 0.25) is 6.79 Å². The van der Waals surface area contributed by atoms with Crippen molar-refractivity contribution < 1.29 is 33.2 Å². The van der Waals surface area contributed by atoms with Crippen LogP contribution in [0.3, 0.4) is 0 Å². The van der Waals surface area contributed by atoms with Crippen LogP contribution in [0.4, 0.5) is 0 Å². The first-order valence-corrected chi connectivity index (χ1v) is 11.4. The highest BCUT2D eigenvalue weighted by Crippen LogP contribution is 2.49. The van der Waals surface area contributed by atoms with Gasteiger partial charge >= 0.3 is 5.97 Å². The Morgan fingerprint density at radius 1 is 0.941 bits per heavy atom. The van der Waals surface area contributed by atoms with Crippen LogP contribution in [0.2, 0.25) is 0 Å². The molecule has 0 saturated carbocycles. The predicted octanol–water partition coefficient (Wildman–Crippen LogP) is 4.42. The first kappa shape index (κ1) is 20.7. The zero-order chi connectivity index (χ0) is 23.1. The smallest absolute Gasteiger partial charge is 0.312 e. The largest absolute Gasteiger partial charge is 0.493 e. The molecule has 1 atom stereocenters. The fraction of sp³-hybridized carbons (Fsp3) is 0.296. The van der Waals surface area contributed by atoms with Gasteiger partial charge in [0.05, 0.1) is 26.7 Å². The van der Waals surface area contributed by atoms with Crippen LogP contribution in [0.15, 0.2) is 48.5 Å². The number of fused-ring (bicyclic) bond motifs is 3. The predicted molar refractivity (Wildman–Crippen MR) is 122 cm³/mol. The van der Waals surface area contributed by atoms with Crippen molar-refractivity contribution in [3.05, 3.63) is 70.8 Å². The van der Waals surface area contributed by atoms with Crippen LogP contribution in [0.5, 0.6) is 34.5 Å². The topological polar surface area (TPSA) is 72.5 Å². The van der Waals surface area contributed by atoms with Crippen LogP contribution in [0.25, 0.3) is 0 Å². The summed E-state index contributed by atoms with van der Waals surface area (Å²) in [6.45, 7) is 1.36. The molecule has 0 N–H and O–H groups in total. The molecule has 174 valence electrons. The highest BCUT2D eigenvalue weighted by atomic mass is 16.7. The molecule has 0 amide bonds. The van der Waals surface area contributed by atoms with E-state index in [1.165, 1.54) is 11.1 Å². The lowest BCUT2D eigenvalue weighted by molar-refractivity contribution is -0.135. The van der Waals surface area contributed by atoms with E-state index in [9.17, 15) is 4.79 Å². The van der Waals surface area contributed by atoms with Crippen LogP contribution in [-0.4, -0.2) is 33.1 Å². The molecule has 3 aromatic carbocycles. The Labute approximate surface area is 197 Å². The summed E-state index contributed by atoms with van der Waals surface area (Å²) >= 11 is 0. The zero-order valence-electron chi connectivity index (χ0n) is 18.8. The van der Waals surface area contributed by atoms with Crippen molar-refractivity contribution in [2.45, 2.75) is 25.2 Å². The van der Waals surface area contributed by atoms with Gasteiger partial charge in [-0.05, 0) is 29.3 Å². The highest BCUT2D eigenvalue weighted by molar-refractivity contribution is 5.79. The molecular formula is C27H24O7. The third kappa shape index (κ3) is 3.67. The lowest BCUT2D eigenvalue weighted by Crippen LogP contribution is -2.21. The van der Waals surface area contributed by atoms with Gasteiger partial charge < -0.3 is 28.4 Å². The van der Waals surface area contributed by atoms with Crippen LogP contribution in [-0.2, 0) is 17.6 Å². The van der Waals surface area contributed by atoms with Gasteiger partial charge in [-0.15, -0.1) is 0 Å². The van der Waals surface area contributed by atoms with Crippen LogP contribution in [0.1, 0.15) is 34.6 Å². The Kier molecular flexibility index (Phi) is 5.17. The maximum atomic E-state index is 12.5. The molecule has 3 aliphatic rings. The molecule has 0 aromatic heterocycles. The second-order valence-electron chi connectivity index (χ2n) is 8.49. The standard InChI is InChI=1S/C27H24O7/c1-29-22-4-2-3-18(27(22)31-9-7-16-5-6-21-17(11-16)8-10-30-21)19-13-26(28)34-23-14-25-24(12-20(19)23)32-15-33-25/h2-6,11-12,14,19H,7-10,13,15H2,1H3/t19-/m0/s1. The third-order valence-corrected chi connectivity index (χ3v) is 6.47. The van der Waals surface area contributed by atoms with Crippen molar-refractivity contribution in [3.8, 4) is 34.5 Å². The Morgan fingerprint density at radius 3 is 2.71 bits per heavy atom. The van der Waals surface area contributed by atoms with Gasteiger partial charge in [-0.25, -0.2) is 0 Å². The molecule has 0 unspecified atom stereocenters. The van der Waals surface area contributed by atoms with E-state index in [2.05, 4.69) is 12.1 Å². The first-order valence-electron chi connectivity index (χ1n) is 11.4. The number of para-hydroxylation sites is 1. The van der Waals surface area contributed by atoms with E-state index in [0.717, 1.165) is 36.3 Å².